The summed E-state index contributed by atoms with van der Waals surface area (Å²) in [5, 5.41) is 10.4. The zero-order valence-corrected chi connectivity index (χ0v) is 16.1. The van der Waals surface area contributed by atoms with E-state index >= 15 is 0 Å². The molecule has 0 aliphatic heterocycles. The van der Waals surface area contributed by atoms with Crippen LogP contribution in [-0.2, 0) is 13.0 Å². The lowest BCUT2D eigenvalue weighted by Crippen LogP contribution is -2.37. The lowest BCUT2D eigenvalue weighted by molar-refractivity contribution is 0.372. The quantitative estimate of drug-likeness (QED) is 0.320. The minimum Gasteiger partial charge on any atom is -0.356 e. The van der Waals surface area contributed by atoms with Gasteiger partial charge in [-0.3, -0.25) is 4.99 Å². The molecule has 6 nitrogen and oxygen atoms in total. The predicted molar refractivity (Wildman–Crippen MR) is 102 cm³/mol. The Hall–Kier alpha value is -1.64. The lowest BCUT2D eigenvalue weighted by Gasteiger charge is -2.11. The Labute approximate surface area is 154 Å². The van der Waals surface area contributed by atoms with Gasteiger partial charge in [-0.05, 0) is 25.8 Å². The smallest absolute Gasteiger partial charge is 0.226 e. The Morgan fingerprint density at radius 2 is 2.09 bits per heavy atom. The average molecular weight is 429 g/mol. The van der Waals surface area contributed by atoms with Crippen LogP contribution in [-0.4, -0.2) is 29.7 Å². The van der Waals surface area contributed by atoms with E-state index in [1.54, 1.807) is 7.05 Å². The maximum absolute atomic E-state index is 5.08. The van der Waals surface area contributed by atoms with Gasteiger partial charge in [0.25, 0.3) is 0 Å². The summed E-state index contributed by atoms with van der Waals surface area (Å²) in [6.07, 6.45) is 1.68. The highest BCUT2D eigenvalue weighted by atomic mass is 127. The highest BCUT2D eigenvalue weighted by molar-refractivity contribution is 14.0. The van der Waals surface area contributed by atoms with Gasteiger partial charge in [0, 0.05) is 26.6 Å². The van der Waals surface area contributed by atoms with Crippen molar-refractivity contribution in [3.05, 3.63) is 47.1 Å². The summed E-state index contributed by atoms with van der Waals surface area (Å²) in [5.41, 5.74) is 2.50. The second kappa shape index (κ2) is 10.2. The molecule has 23 heavy (non-hydrogen) atoms. The molecule has 0 spiro atoms. The summed E-state index contributed by atoms with van der Waals surface area (Å²) in [4.78, 5) is 8.40. The molecule has 0 bridgehead atoms. The fourth-order valence-corrected chi connectivity index (χ4v) is 2.12. The summed E-state index contributed by atoms with van der Waals surface area (Å²) >= 11 is 0. The number of hydrogen-bond donors (Lipinski definition) is 2. The molecule has 0 aliphatic rings. The molecule has 0 unspecified atom stereocenters. The van der Waals surface area contributed by atoms with Gasteiger partial charge < -0.3 is 15.2 Å². The number of aromatic nitrogens is 2. The van der Waals surface area contributed by atoms with Crippen LogP contribution < -0.4 is 10.6 Å². The van der Waals surface area contributed by atoms with Gasteiger partial charge in [-0.25, -0.2) is 0 Å². The van der Waals surface area contributed by atoms with Crippen LogP contribution in [0.25, 0.3) is 0 Å². The van der Waals surface area contributed by atoms with E-state index in [0.29, 0.717) is 11.7 Å². The van der Waals surface area contributed by atoms with E-state index in [0.717, 1.165) is 31.9 Å². The molecule has 0 radical (unpaired) electrons. The van der Waals surface area contributed by atoms with Gasteiger partial charge in [0.2, 0.25) is 5.89 Å². The van der Waals surface area contributed by atoms with Crippen molar-refractivity contribution in [1.29, 1.82) is 0 Å². The number of aryl methyl sites for hydroxylation is 3. The molecule has 7 heteroatoms. The highest BCUT2D eigenvalue weighted by Gasteiger charge is 2.03. The molecule has 0 fully saturated rings. The number of hydrogen-bond acceptors (Lipinski definition) is 4. The van der Waals surface area contributed by atoms with E-state index in [1.165, 1.54) is 11.1 Å². The number of nitrogens with zero attached hydrogens (tertiary/aromatic N) is 3. The summed E-state index contributed by atoms with van der Waals surface area (Å²) in [6, 6.07) is 8.42. The number of halogens is 1. The molecule has 0 saturated heterocycles. The molecule has 0 saturated carbocycles. The topological polar surface area (TPSA) is 75.3 Å². The van der Waals surface area contributed by atoms with Crippen LogP contribution in [0.2, 0.25) is 0 Å². The molecule has 1 aromatic heterocycles. The second-order valence-electron chi connectivity index (χ2n) is 5.18. The minimum atomic E-state index is 0. The third-order valence-electron chi connectivity index (χ3n) is 3.20. The van der Waals surface area contributed by atoms with Crippen molar-refractivity contribution in [2.45, 2.75) is 33.2 Å². The van der Waals surface area contributed by atoms with Gasteiger partial charge in [-0.2, -0.15) is 4.98 Å². The van der Waals surface area contributed by atoms with Gasteiger partial charge in [0.15, 0.2) is 11.8 Å². The first-order valence-corrected chi connectivity index (χ1v) is 7.46. The Bertz CT molecular complexity index is 626. The molecule has 2 rings (SSSR count). The first-order chi connectivity index (χ1) is 10.7. The summed E-state index contributed by atoms with van der Waals surface area (Å²) in [6.45, 7) is 5.47. The van der Waals surface area contributed by atoms with Crippen molar-refractivity contribution in [3.8, 4) is 0 Å². The van der Waals surface area contributed by atoms with Crippen LogP contribution in [0.3, 0.4) is 0 Å². The van der Waals surface area contributed by atoms with Gasteiger partial charge in [0.05, 0.1) is 0 Å². The number of rotatable bonds is 6. The van der Waals surface area contributed by atoms with Crippen LogP contribution in [0.4, 0.5) is 0 Å². The molecular formula is C16H24IN5O. The molecule has 126 valence electrons. The molecule has 0 amide bonds. The summed E-state index contributed by atoms with van der Waals surface area (Å²) < 4.78 is 5.08. The zero-order valence-electron chi connectivity index (χ0n) is 13.8. The zero-order chi connectivity index (χ0) is 15.8. The maximum Gasteiger partial charge on any atom is 0.226 e. The van der Waals surface area contributed by atoms with Crippen LogP contribution >= 0.6 is 24.0 Å². The van der Waals surface area contributed by atoms with E-state index in [9.17, 15) is 0 Å². The third kappa shape index (κ3) is 6.98. The van der Waals surface area contributed by atoms with Gasteiger partial charge in [-0.15, -0.1) is 24.0 Å². The Morgan fingerprint density at radius 3 is 2.74 bits per heavy atom. The fraction of sp³-hybridized carbons (Fsp3) is 0.438. The first-order valence-electron chi connectivity index (χ1n) is 7.46. The maximum atomic E-state index is 5.08. The lowest BCUT2D eigenvalue weighted by atomic mass is 10.1. The Balaban J connectivity index is 0.00000264. The highest BCUT2D eigenvalue weighted by Crippen LogP contribution is 2.03. The van der Waals surface area contributed by atoms with Crippen LogP contribution in [0.5, 0.6) is 0 Å². The standard InChI is InChI=1S/C16H23N5O.HI/c1-12-6-4-7-14(10-12)11-19-16(17-3)18-9-5-8-15-20-13(2)21-22-15;/h4,6-7,10H,5,8-9,11H2,1-3H3,(H2,17,18,19);1H. The third-order valence-corrected chi connectivity index (χ3v) is 3.20. The molecule has 1 heterocycles. The van der Waals surface area contributed by atoms with Crippen molar-refractivity contribution in [2.24, 2.45) is 4.99 Å². The van der Waals surface area contributed by atoms with E-state index in [-0.39, 0.29) is 24.0 Å². The van der Waals surface area contributed by atoms with E-state index in [4.69, 9.17) is 4.52 Å². The Morgan fingerprint density at radius 1 is 1.26 bits per heavy atom. The van der Waals surface area contributed by atoms with Crippen molar-refractivity contribution in [3.63, 3.8) is 0 Å². The summed E-state index contributed by atoms with van der Waals surface area (Å²) in [5.74, 6) is 2.16. The number of aliphatic imine (C=N–C) groups is 1. The normalized spacial score (nSPS) is 11.0. The Kier molecular flexibility index (Phi) is 8.60. The fourth-order valence-electron chi connectivity index (χ4n) is 2.12. The van der Waals surface area contributed by atoms with Crippen molar-refractivity contribution in [1.82, 2.24) is 20.8 Å². The monoisotopic (exact) mass is 429 g/mol. The number of benzene rings is 1. The van der Waals surface area contributed by atoms with Crippen molar-refractivity contribution in [2.75, 3.05) is 13.6 Å². The van der Waals surface area contributed by atoms with Crippen LogP contribution in [0.1, 0.15) is 29.3 Å². The van der Waals surface area contributed by atoms with E-state index < -0.39 is 0 Å². The SMILES string of the molecule is CN=C(NCCCc1nc(C)no1)NCc1cccc(C)c1.I. The van der Waals surface area contributed by atoms with Gasteiger partial charge in [-0.1, -0.05) is 35.0 Å². The number of nitrogens with one attached hydrogen (secondary N) is 2. The molecule has 1 aromatic carbocycles. The average Bonchev–Trinajstić information content (AvgIpc) is 2.92. The van der Waals surface area contributed by atoms with E-state index in [1.807, 2.05) is 6.92 Å². The van der Waals surface area contributed by atoms with Crippen LogP contribution in [0.15, 0.2) is 33.8 Å². The number of guanidine groups is 1. The van der Waals surface area contributed by atoms with Crippen LogP contribution in [0, 0.1) is 13.8 Å². The minimum absolute atomic E-state index is 0. The van der Waals surface area contributed by atoms with Crippen molar-refractivity contribution >= 4 is 29.9 Å². The first kappa shape index (κ1) is 19.4. The molecule has 0 atom stereocenters. The van der Waals surface area contributed by atoms with Gasteiger partial charge >= 0.3 is 0 Å². The van der Waals surface area contributed by atoms with E-state index in [2.05, 4.69) is 57.0 Å². The molecule has 2 aromatic rings. The van der Waals surface area contributed by atoms with Gasteiger partial charge in [0.1, 0.15) is 0 Å². The second-order valence-corrected chi connectivity index (χ2v) is 5.18. The molecule has 2 N–H and O–H groups in total. The molecule has 0 aliphatic carbocycles. The molecular weight excluding hydrogens is 405 g/mol. The van der Waals surface area contributed by atoms with Crippen molar-refractivity contribution < 1.29 is 4.52 Å². The largest absolute Gasteiger partial charge is 0.356 e. The predicted octanol–water partition coefficient (Wildman–Crippen LogP) is 2.60. The summed E-state index contributed by atoms with van der Waals surface area (Å²) in [7, 11) is 1.77.